The van der Waals surface area contributed by atoms with Crippen molar-refractivity contribution >= 4 is 11.7 Å². The molecule has 3 N–H and O–H groups in total. The van der Waals surface area contributed by atoms with Crippen molar-refractivity contribution in [3.8, 4) is 0 Å². The maximum Gasteiger partial charge on any atom is 0.252 e. The molecular formula is C12H19N3O. The van der Waals surface area contributed by atoms with Gasteiger partial charge in [-0.15, -0.1) is 0 Å². The molecule has 0 fully saturated rings. The first-order valence-electron chi connectivity index (χ1n) is 5.57. The van der Waals surface area contributed by atoms with E-state index < -0.39 is 5.91 Å². The lowest BCUT2D eigenvalue weighted by molar-refractivity contribution is 0.100. The van der Waals surface area contributed by atoms with Gasteiger partial charge in [-0.25, -0.2) is 4.98 Å². The second kappa shape index (κ2) is 5.49. The maximum atomic E-state index is 11.2. The number of hydrogen-bond donors (Lipinski definition) is 2. The standard InChI is InChI=1S/C12H19N3O/c1-4-8(2)9(3)15-12-10(11(13)16)6-5-7-14-12/h5-9H,4H2,1-3H3,(H2,13,16)(H,14,15). The maximum absolute atomic E-state index is 11.2. The van der Waals surface area contributed by atoms with Crippen LogP contribution in [0.3, 0.4) is 0 Å². The van der Waals surface area contributed by atoms with Crippen molar-refractivity contribution in [3.63, 3.8) is 0 Å². The molecule has 1 aromatic rings. The second-order valence-corrected chi connectivity index (χ2v) is 4.08. The third-order valence-electron chi connectivity index (χ3n) is 2.94. The van der Waals surface area contributed by atoms with Crippen LogP contribution in [0.4, 0.5) is 5.82 Å². The van der Waals surface area contributed by atoms with Gasteiger partial charge < -0.3 is 11.1 Å². The van der Waals surface area contributed by atoms with Gasteiger partial charge in [0.2, 0.25) is 0 Å². The largest absolute Gasteiger partial charge is 0.367 e. The number of hydrogen-bond acceptors (Lipinski definition) is 3. The third kappa shape index (κ3) is 2.95. The Morgan fingerprint density at radius 3 is 2.81 bits per heavy atom. The lowest BCUT2D eigenvalue weighted by Crippen LogP contribution is -2.26. The highest BCUT2D eigenvalue weighted by Crippen LogP contribution is 2.16. The highest BCUT2D eigenvalue weighted by Gasteiger charge is 2.14. The monoisotopic (exact) mass is 221 g/mol. The molecule has 4 heteroatoms. The first kappa shape index (κ1) is 12.5. The van der Waals surface area contributed by atoms with Crippen molar-refractivity contribution in [1.82, 2.24) is 4.98 Å². The summed E-state index contributed by atoms with van der Waals surface area (Å²) in [6.45, 7) is 6.37. The van der Waals surface area contributed by atoms with Crippen LogP contribution < -0.4 is 11.1 Å². The zero-order chi connectivity index (χ0) is 12.1. The highest BCUT2D eigenvalue weighted by atomic mass is 16.1. The van der Waals surface area contributed by atoms with Crippen LogP contribution >= 0.6 is 0 Å². The molecule has 0 bridgehead atoms. The fraction of sp³-hybridized carbons (Fsp3) is 0.500. The Morgan fingerprint density at radius 1 is 1.56 bits per heavy atom. The normalized spacial score (nSPS) is 14.2. The fourth-order valence-corrected chi connectivity index (χ4v) is 1.43. The van der Waals surface area contributed by atoms with Crippen LogP contribution in [-0.4, -0.2) is 16.9 Å². The van der Waals surface area contributed by atoms with Crippen molar-refractivity contribution in [3.05, 3.63) is 23.9 Å². The molecule has 16 heavy (non-hydrogen) atoms. The van der Waals surface area contributed by atoms with E-state index >= 15 is 0 Å². The van der Waals surface area contributed by atoms with Crippen molar-refractivity contribution in [1.29, 1.82) is 0 Å². The van der Waals surface area contributed by atoms with Gasteiger partial charge in [0, 0.05) is 12.2 Å². The summed E-state index contributed by atoms with van der Waals surface area (Å²) >= 11 is 0. The van der Waals surface area contributed by atoms with E-state index in [0.29, 0.717) is 17.3 Å². The zero-order valence-electron chi connectivity index (χ0n) is 10.0. The third-order valence-corrected chi connectivity index (χ3v) is 2.94. The molecule has 1 aromatic heterocycles. The first-order chi connectivity index (χ1) is 7.56. The number of nitrogens with two attached hydrogens (primary N) is 1. The van der Waals surface area contributed by atoms with Gasteiger partial charge in [-0.3, -0.25) is 4.79 Å². The molecule has 0 aliphatic heterocycles. The first-order valence-corrected chi connectivity index (χ1v) is 5.57. The summed E-state index contributed by atoms with van der Waals surface area (Å²) in [6, 6.07) is 3.65. The molecule has 1 amide bonds. The quantitative estimate of drug-likeness (QED) is 0.799. The van der Waals surface area contributed by atoms with Gasteiger partial charge in [0.15, 0.2) is 0 Å². The van der Waals surface area contributed by atoms with E-state index in [2.05, 4.69) is 31.1 Å². The Labute approximate surface area is 96.3 Å². The zero-order valence-corrected chi connectivity index (χ0v) is 10.0. The molecule has 4 nitrogen and oxygen atoms in total. The van der Waals surface area contributed by atoms with Gasteiger partial charge in [0.1, 0.15) is 5.82 Å². The van der Waals surface area contributed by atoms with Gasteiger partial charge in [0.05, 0.1) is 5.56 Å². The Kier molecular flexibility index (Phi) is 4.28. The summed E-state index contributed by atoms with van der Waals surface area (Å²) in [7, 11) is 0. The van der Waals surface area contributed by atoms with Crippen molar-refractivity contribution in [2.24, 2.45) is 11.7 Å². The Hall–Kier alpha value is -1.58. The van der Waals surface area contributed by atoms with Gasteiger partial charge in [-0.05, 0) is 25.0 Å². The highest BCUT2D eigenvalue weighted by molar-refractivity contribution is 5.97. The SMILES string of the molecule is CCC(C)C(C)Nc1ncccc1C(N)=O. The van der Waals surface area contributed by atoms with Gasteiger partial charge >= 0.3 is 0 Å². The van der Waals surface area contributed by atoms with E-state index in [1.54, 1.807) is 18.3 Å². The molecule has 2 atom stereocenters. The minimum Gasteiger partial charge on any atom is -0.367 e. The molecule has 0 spiro atoms. The minimum atomic E-state index is -0.452. The molecule has 0 saturated carbocycles. The number of primary amides is 1. The van der Waals surface area contributed by atoms with E-state index in [9.17, 15) is 4.79 Å². The van der Waals surface area contributed by atoms with E-state index in [1.807, 2.05) is 0 Å². The average molecular weight is 221 g/mol. The van der Waals surface area contributed by atoms with E-state index in [4.69, 9.17) is 5.73 Å². The van der Waals surface area contributed by atoms with Gasteiger partial charge in [-0.1, -0.05) is 20.3 Å². The topological polar surface area (TPSA) is 68.0 Å². The Bertz CT molecular complexity index is 365. The van der Waals surface area contributed by atoms with E-state index in [-0.39, 0.29) is 6.04 Å². The number of rotatable bonds is 5. The summed E-state index contributed by atoms with van der Waals surface area (Å²) in [5, 5.41) is 3.23. The van der Waals surface area contributed by atoms with Crippen LogP contribution in [0, 0.1) is 5.92 Å². The molecule has 1 rings (SSSR count). The number of amides is 1. The molecule has 0 saturated heterocycles. The molecule has 0 radical (unpaired) electrons. The Morgan fingerprint density at radius 2 is 2.25 bits per heavy atom. The summed E-state index contributed by atoms with van der Waals surface area (Å²) in [5.74, 6) is 0.637. The van der Waals surface area contributed by atoms with Crippen LogP contribution in [0.1, 0.15) is 37.6 Å². The van der Waals surface area contributed by atoms with E-state index in [0.717, 1.165) is 6.42 Å². The van der Waals surface area contributed by atoms with Crippen molar-refractivity contribution in [2.45, 2.75) is 33.2 Å². The summed E-state index contributed by atoms with van der Waals surface area (Å²) in [4.78, 5) is 15.3. The molecule has 0 aliphatic rings. The van der Waals surface area contributed by atoms with Crippen molar-refractivity contribution < 1.29 is 4.79 Å². The lowest BCUT2D eigenvalue weighted by Gasteiger charge is -2.21. The predicted octanol–water partition coefficient (Wildman–Crippen LogP) is 2.03. The summed E-state index contributed by atoms with van der Waals surface area (Å²) < 4.78 is 0. The number of pyridine rings is 1. The molecule has 0 aromatic carbocycles. The Balaban J connectivity index is 2.84. The smallest absolute Gasteiger partial charge is 0.252 e. The number of aromatic nitrogens is 1. The summed E-state index contributed by atoms with van der Waals surface area (Å²) in [6.07, 6.45) is 2.73. The minimum absolute atomic E-state index is 0.262. The van der Waals surface area contributed by atoms with Gasteiger partial charge in [0.25, 0.3) is 5.91 Å². The predicted molar refractivity (Wildman–Crippen MR) is 65.3 cm³/mol. The molecule has 0 aliphatic carbocycles. The number of nitrogens with one attached hydrogen (secondary N) is 1. The molecule has 2 unspecified atom stereocenters. The average Bonchev–Trinajstić information content (AvgIpc) is 2.28. The van der Waals surface area contributed by atoms with Crippen LogP contribution in [0.5, 0.6) is 0 Å². The van der Waals surface area contributed by atoms with Crippen LogP contribution in [0.25, 0.3) is 0 Å². The molecular weight excluding hydrogens is 202 g/mol. The van der Waals surface area contributed by atoms with Crippen molar-refractivity contribution in [2.75, 3.05) is 5.32 Å². The number of anilines is 1. The number of carbonyl (C=O) groups excluding carboxylic acids is 1. The fourth-order valence-electron chi connectivity index (χ4n) is 1.43. The number of carbonyl (C=O) groups is 1. The summed E-state index contributed by atoms with van der Waals surface area (Å²) in [5.41, 5.74) is 5.72. The van der Waals surface area contributed by atoms with Crippen LogP contribution in [0.15, 0.2) is 18.3 Å². The lowest BCUT2D eigenvalue weighted by atomic mass is 10.0. The van der Waals surface area contributed by atoms with Gasteiger partial charge in [-0.2, -0.15) is 0 Å². The second-order valence-electron chi connectivity index (χ2n) is 4.08. The number of nitrogens with zero attached hydrogens (tertiary/aromatic N) is 1. The van der Waals surface area contributed by atoms with Crippen LogP contribution in [-0.2, 0) is 0 Å². The molecule has 88 valence electrons. The van der Waals surface area contributed by atoms with Crippen LogP contribution in [0.2, 0.25) is 0 Å². The molecule has 1 heterocycles. The van der Waals surface area contributed by atoms with E-state index in [1.165, 1.54) is 0 Å².